The van der Waals surface area contributed by atoms with E-state index < -0.39 is 5.97 Å². The minimum Gasteiger partial charge on any atom is -0.481 e. The second kappa shape index (κ2) is 8.92. The Kier molecular flexibility index (Phi) is 7.54. The van der Waals surface area contributed by atoms with Gasteiger partial charge in [0.05, 0.1) is 12.6 Å². The fraction of sp³-hybridized carbons (Fsp3) is 0.857. The van der Waals surface area contributed by atoms with Gasteiger partial charge in [0.2, 0.25) is 5.91 Å². The van der Waals surface area contributed by atoms with Crippen molar-refractivity contribution in [3.63, 3.8) is 0 Å². The van der Waals surface area contributed by atoms with Crippen LogP contribution in [0.25, 0.3) is 0 Å². The molecule has 0 aromatic carbocycles. The Labute approximate surface area is 120 Å². The molecule has 0 aromatic rings. The Morgan fingerprint density at radius 2 is 2.20 bits per heavy atom. The van der Waals surface area contributed by atoms with E-state index in [1.807, 2.05) is 18.7 Å². The molecule has 0 bridgehead atoms. The molecule has 1 saturated heterocycles. The number of likely N-dealkylation sites (tertiary alicyclic amines) is 1. The predicted molar refractivity (Wildman–Crippen MR) is 75.5 cm³/mol. The van der Waals surface area contributed by atoms with Gasteiger partial charge in [0.15, 0.2) is 0 Å². The van der Waals surface area contributed by atoms with Gasteiger partial charge in [-0.2, -0.15) is 0 Å². The molecule has 2 N–H and O–H groups in total. The average Bonchev–Trinajstić information content (AvgIpc) is 2.74. The summed E-state index contributed by atoms with van der Waals surface area (Å²) < 4.78 is 5.39. The van der Waals surface area contributed by atoms with Crippen LogP contribution >= 0.6 is 0 Å². The van der Waals surface area contributed by atoms with Gasteiger partial charge in [-0.3, -0.25) is 14.5 Å². The fourth-order valence-corrected chi connectivity index (χ4v) is 2.35. The molecule has 1 atom stereocenters. The van der Waals surface area contributed by atoms with Crippen LogP contribution in [0.2, 0.25) is 0 Å². The van der Waals surface area contributed by atoms with Crippen molar-refractivity contribution in [3.8, 4) is 0 Å². The number of rotatable bonds is 9. The fourth-order valence-electron chi connectivity index (χ4n) is 2.35. The topological polar surface area (TPSA) is 78.9 Å². The molecule has 0 aromatic heterocycles. The maximum Gasteiger partial charge on any atom is 0.303 e. The number of hydrogen-bond donors (Lipinski definition) is 2. The number of ether oxygens (including phenoxy) is 1. The third kappa shape index (κ3) is 7.45. The monoisotopic (exact) mass is 286 g/mol. The first-order valence-corrected chi connectivity index (χ1v) is 7.30. The number of carboxylic acids is 1. The molecule has 0 radical (unpaired) electrons. The van der Waals surface area contributed by atoms with Crippen LogP contribution < -0.4 is 5.32 Å². The molecule has 116 valence electrons. The average molecular weight is 286 g/mol. The van der Waals surface area contributed by atoms with Crippen LogP contribution in [-0.2, 0) is 14.3 Å². The van der Waals surface area contributed by atoms with Gasteiger partial charge in [-0.15, -0.1) is 0 Å². The zero-order valence-corrected chi connectivity index (χ0v) is 12.4. The van der Waals surface area contributed by atoms with Crippen molar-refractivity contribution >= 4 is 11.9 Å². The lowest BCUT2D eigenvalue weighted by atomic mass is 10.1. The second-order valence-electron chi connectivity index (χ2n) is 5.61. The lowest BCUT2D eigenvalue weighted by Gasteiger charge is -2.15. The van der Waals surface area contributed by atoms with Crippen molar-refractivity contribution in [2.75, 3.05) is 32.8 Å². The van der Waals surface area contributed by atoms with Gasteiger partial charge in [-0.25, -0.2) is 0 Å². The molecule has 0 saturated carbocycles. The molecule has 0 aliphatic carbocycles. The third-order valence-electron chi connectivity index (χ3n) is 3.29. The van der Waals surface area contributed by atoms with Crippen LogP contribution in [0, 0.1) is 5.92 Å². The summed E-state index contributed by atoms with van der Waals surface area (Å²) in [5, 5.41) is 11.6. The van der Waals surface area contributed by atoms with E-state index in [1.54, 1.807) is 0 Å². The Hall–Kier alpha value is -1.14. The number of nitrogens with zero attached hydrogens (tertiary/aromatic N) is 1. The van der Waals surface area contributed by atoms with Gasteiger partial charge in [0.1, 0.15) is 0 Å². The van der Waals surface area contributed by atoms with Crippen LogP contribution in [0.15, 0.2) is 0 Å². The van der Waals surface area contributed by atoms with Gasteiger partial charge in [0, 0.05) is 26.1 Å². The predicted octanol–water partition coefficient (Wildman–Crippen LogP) is 0.714. The first-order chi connectivity index (χ1) is 9.47. The number of amides is 1. The van der Waals surface area contributed by atoms with Crippen LogP contribution in [0.5, 0.6) is 0 Å². The molecule has 6 nitrogen and oxygen atoms in total. The SMILES string of the molecule is CC(C)OCCCNC(=O)CN1CCC(CC(=O)O)C1. The van der Waals surface area contributed by atoms with Gasteiger partial charge >= 0.3 is 5.97 Å². The molecule has 6 heteroatoms. The molecule has 1 heterocycles. The number of carboxylic acid groups (broad SMARTS) is 1. The summed E-state index contributed by atoms with van der Waals surface area (Å²) >= 11 is 0. The zero-order valence-electron chi connectivity index (χ0n) is 12.4. The molecule has 1 rings (SSSR count). The number of hydrogen-bond acceptors (Lipinski definition) is 4. The van der Waals surface area contributed by atoms with Crippen LogP contribution in [0.4, 0.5) is 0 Å². The molecule has 1 fully saturated rings. The quantitative estimate of drug-likeness (QED) is 0.610. The van der Waals surface area contributed by atoms with E-state index in [4.69, 9.17) is 9.84 Å². The molecular formula is C14H26N2O4. The number of carbonyl (C=O) groups excluding carboxylic acids is 1. The first kappa shape index (κ1) is 16.9. The summed E-state index contributed by atoms with van der Waals surface area (Å²) in [5.41, 5.74) is 0. The van der Waals surface area contributed by atoms with Crippen molar-refractivity contribution < 1.29 is 19.4 Å². The molecule has 20 heavy (non-hydrogen) atoms. The van der Waals surface area contributed by atoms with Gasteiger partial charge in [-0.05, 0) is 39.2 Å². The highest BCUT2D eigenvalue weighted by Crippen LogP contribution is 2.18. The molecular weight excluding hydrogens is 260 g/mol. The molecule has 1 amide bonds. The van der Waals surface area contributed by atoms with Crippen molar-refractivity contribution in [1.29, 1.82) is 0 Å². The van der Waals surface area contributed by atoms with Crippen molar-refractivity contribution in [3.05, 3.63) is 0 Å². The largest absolute Gasteiger partial charge is 0.481 e. The zero-order chi connectivity index (χ0) is 15.0. The molecule has 0 spiro atoms. The minimum absolute atomic E-state index is 0.00511. The normalized spacial score (nSPS) is 19.4. The number of aliphatic carboxylic acids is 1. The minimum atomic E-state index is -0.758. The van der Waals surface area contributed by atoms with Crippen LogP contribution in [0.1, 0.15) is 33.1 Å². The van der Waals surface area contributed by atoms with E-state index >= 15 is 0 Å². The highest BCUT2D eigenvalue weighted by Gasteiger charge is 2.25. The highest BCUT2D eigenvalue weighted by atomic mass is 16.5. The summed E-state index contributed by atoms with van der Waals surface area (Å²) in [4.78, 5) is 24.4. The summed E-state index contributed by atoms with van der Waals surface area (Å²) in [6.45, 7) is 7.12. The summed E-state index contributed by atoms with van der Waals surface area (Å²) in [6.07, 6.45) is 2.10. The third-order valence-corrected chi connectivity index (χ3v) is 3.29. The Morgan fingerprint density at radius 1 is 1.45 bits per heavy atom. The van der Waals surface area contributed by atoms with Crippen molar-refractivity contribution in [2.45, 2.75) is 39.2 Å². The van der Waals surface area contributed by atoms with Gasteiger partial charge < -0.3 is 15.2 Å². The molecule has 1 aliphatic heterocycles. The number of carbonyl (C=O) groups is 2. The lowest BCUT2D eigenvalue weighted by Crippen LogP contribution is -2.36. The summed E-state index contributed by atoms with van der Waals surface area (Å²) in [5.74, 6) is -0.572. The highest BCUT2D eigenvalue weighted by molar-refractivity contribution is 5.78. The van der Waals surface area contributed by atoms with E-state index in [1.165, 1.54) is 0 Å². The van der Waals surface area contributed by atoms with E-state index in [0.29, 0.717) is 26.2 Å². The van der Waals surface area contributed by atoms with Crippen molar-refractivity contribution in [2.24, 2.45) is 5.92 Å². The van der Waals surface area contributed by atoms with E-state index in [2.05, 4.69) is 5.32 Å². The van der Waals surface area contributed by atoms with E-state index in [0.717, 1.165) is 19.4 Å². The Morgan fingerprint density at radius 3 is 2.85 bits per heavy atom. The van der Waals surface area contributed by atoms with E-state index in [-0.39, 0.29) is 24.3 Å². The summed E-state index contributed by atoms with van der Waals surface area (Å²) in [7, 11) is 0. The Bertz CT molecular complexity index is 320. The molecule has 1 aliphatic rings. The summed E-state index contributed by atoms with van der Waals surface area (Å²) in [6, 6.07) is 0. The van der Waals surface area contributed by atoms with Gasteiger partial charge in [-0.1, -0.05) is 0 Å². The maximum absolute atomic E-state index is 11.7. The van der Waals surface area contributed by atoms with Crippen LogP contribution in [0.3, 0.4) is 0 Å². The lowest BCUT2D eigenvalue weighted by molar-refractivity contribution is -0.138. The first-order valence-electron chi connectivity index (χ1n) is 7.30. The van der Waals surface area contributed by atoms with E-state index in [9.17, 15) is 9.59 Å². The Balaban J connectivity index is 2.07. The second-order valence-corrected chi connectivity index (χ2v) is 5.61. The number of nitrogens with one attached hydrogen (secondary N) is 1. The van der Waals surface area contributed by atoms with Crippen molar-refractivity contribution in [1.82, 2.24) is 10.2 Å². The molecule has 1 unspecified atom stereocenters. The van der Waals surface area contributed by atoms with Gasteiger partial charge in [0.25, 0.3) is 0 Å². The smallest absolute Gasteiger partial charge is 0.303 e. The standard InChI is InChI=1S/C14H26N2O4/c1-11(2)20-7-3-5-15-13(17)10-16-6-4-12(9-16)8-14(18)19/h11-12H,3-10H2,1-2H3,(H,15,17)(H,18,19). The maximum atomic E-state index is 11.7. The van der Waals surface area contributed by atoms with Crippen LogP contribution in [-0.4, -0.2) is 60.8 Å².